The average molecular weight is 411 g/mol. The zero-order valence-corrected chi connectivity index (χ0v) is 16.3. The first kappa shape index (κ1) is 19.2. The van der Waals surface area contributed by atoms with E-state index in [1.165, 1.54) is 23.2 Å². The van der Waals surface area contributed by atoms with Crippen LogP contribution in [0.1, 0.15) is 16.8 Å². The number of hydrogen-bond acceptors (Lipinski definition) is 4. The summed E-state index contributed by atoms with van der Waals surface area (Å²) in [4.78, 5) is 44.5. The number of carbonyl (C=O) groups excluding carboxylic acids is 3. The summed E-state index contributed by atoms with van der Waals surface area (Å²) >= 11 is 5.15. The van der Waals surface area contributed by atoms with Crippen molar-refractivity contribution >= 4 is 45.6 Å². The van der Waals surface area contributed by atoms with Gasteiger partial charge in [-0.3, -0.25) is 14.4 Å². The van der Waals surface area contributed by atoms with E-state index in [1.54, 1.807) is 23.1 Å². The molecule has 1 aromatic carbocycles. The Morgan fingerprint density at radius 3 is 2.52 bits per heavy atom. The van der Waals surface area contributed by atoms with Gasteiger partial charge in [-0.25, -0.2) is 4.39 Å². The summed E-state index contributed by atoms with van der Waals surface area (Å²) in [6.45, 7) is 1.11. The van der Waals surface area contributed by atoms with Gasteiger partial charge in [0.15, 0.2) is 0 Å². The van der Waals surface area contributed by atoms with E-state index in [1.807, 2.05) is 6.08 Å². The molecule has 0 spiro atoms. The molecular formula is C21H18FN3O3S. The number of Topliss-reactive ketones (excluding diaryl/α,β-unsaturated/α-hetero) is 1. The molecule has 1 aromatic heterocycles. The van der Waals surface area contributed by atoms with Crippen LogP contribution in [0.15, 0.2) is 48.2 Å². The number of nitrogens with one attached hydrogen (secondary N) is 1. The van der Waals surface area contributed by atoms with Crippen LogP contribution >= 0.6 is 12.2 Å². The van der Waals surface area contributed by atoms with E-state index in [0.29, 0.717) is 35.5 Å². The van der Waals surface area contributed by atoms with Crippen molar-refractivity contribution in [1.82, 2.24) is 14.8 Å². The van der Waals surface area contributed by atoms with Crippen molar-refractivity contribution in [1.29, 1.82) is 0 Å². The number of rotatable bonds is 3. The van der Waals surface area contributed by atoms with Gasteiger partial charge in [0, 0.05) is 60.1 Å². The van der Waals surface area contributed by atoms with Crippen LogP contribution in [-0.2, 0) is 9.59 Å². The highest BCUT2D eigenvalue weighted by atomic mass is 32.1. The summed E-state index contributed by atoms with van der Waals surface area (Å²) in [6.07, 6.45) is 7.33. The molecule has 2 aromatic rings. The molecule has 2 aliphatic rings. The van der Waals surface area contributed by atoms with Crippen LogP contribution in [0.5, 0.6) is 0 Å². The summed E-state index contributed by atoms with van der Waals surface area (Å²) in [5.41, 5.74) is 1.02. The average Bonchev–Trinajstić information content (AvgIpc) is 3.18. The van der Waals surface area contributed by atoms with Gasteiger partial charge in [0.05, 0.1) is 5.56 Å². The molecule has 1 N–H and O–H groups in total. The predicted molar refractivity (Wildman–Crippen MR) is 110 cm³/mol. The van der Waals surface area contributed by atoms with Gasteiger partial charge in [-0.1, -0.05) is 30.4 Å². The van der Waals surface area contributed by atoms with Crippen LogP contribution in [0.2, 0.25) is 0 Å². The van der Waals surface area contributed by atoms with Crippen LogP contribution < -0.4 is 0 Å². The maximum absolute atomic E-state index is 14.1. The fourth-order valence-corrected chi connectivity index (χ4v) is 3.81. The number of piperazine rings is 1. The molecule has 29 heavy (non-hydrogen) atoms. The van der Waals surface area contributed by atoms with Gasteiger partial charge in [-0.2, -0.15) is 0 Å². The second-order valence-corrected chi connectivity index (χ2v) is 7.48. The standard InChI is InChI=1S/C21H18FN3O3S/c22-16-5-2-6-17-18(16)15(12-23-17)19(26)21(28)25-9-7-24(8-10-25)20(27)13-3-1-4-14(29)11-13/h1-3,5-6,11-12,23H,4,7-10H2. The molecule has 0 radical (unpaired) electrons. The molecule has 1 fully saturated rings. The van der Waals surface area contributed by atoms with Gasteiger partial charge in [0.1, 0.15) is 5.82 Å². The second kappa shape index (κ2) is 7.71. The van der Waals surface area contributed by atoms with E-state index in [-0.39, 0.29) is 29.9 Å². The Labute approximate surface area is 171 Å². The fourth-order valence-electron chi connectivity index (χ4n) is 3.59. The van der Waals surface area contributed by atoms with Crippen molar-refractivity contribution in [3.05, 3.63) is 59.6 Å². The Balaban J connectivity index is 1.44. The number of H-pyrrole nitrogens is 1. The Hall–Kier alpha value is -3.13. The van der Waals surface area contributed by atoms with Crippen LogP contribution in [0.25, 0.3) is 10.9 Å². The van der Waals surface area contributed by atoms with Crippen molar-refractivity contribution in [3.8, 4) is 0 Å². The summed E-state index contributed by atoms with van der Waals surface area (Å²) in [5, 5.41) is 0.117. The maximum atomic E-state index is 14.1. The quantitative estimate of drug-likeness (QED) is 0.478. The van der Waals surface area contributed by atoms with Gasteiger partial charge in [-0.05, 0) is 18.2 Å². The number of thiocarbonyl (C=S) groups is 1. The van der Waals surface area contributed by atoms with Gasteiger partial charge >= 0.3 is 0 Å². The van der Waals surface area contributed by atoms with Crippen LogP contribution in [0, 0.1) is 5.82 Å². The number of fused-ring (bicyclic) bond motifs is 1. The maximum Gasteiger partial charge on any atom is 0.295 e. The molecule has 2 heterocycles. The van der Waals surface area contributed by atoms with Crippen molar-refractivity contribution < 1.29 is 18.8 Å². The summed E-state index contributed by atoms with van der Waals surface area (Å²) < 4.78 is 14.1. The van der Waals surface area contributed by atoms with E-state index in [9.17, 15) is 18.8 Å². The lowest BCUT2D eigenvalue weighted by Crippen LogP contribution is -2.52. The van der Waals surface area contributed by atoms with Crippen molar-refractivity contribution in [3.63, 3.8) is 0 Å². The Kier molecular flexibility index (Phi) is 5.10. The number of nitrogens with zero attached hydrogens (tertiary/aromatic N) is 2. The second-order valence-electron chi connectivity index (χ2n) is 6.95. The lowest BCUT2D eigenvalue weighted by Gasteiger charge is -2.34. The largest absolute Gasteiger partial charge is 0.360 e. The Bertz CT molecular complexity index is 1090. The normalized spacial score (nSPS) is 16.9. The number of carbonyl (C=O) groups is 3. The molecule has 4 rings (SSSR count). The number of amides is 2. The number of hydrogen-bond donors (Lipinski definition) is 1. The first-order valence-corrected chi connectivity index (χ1v) is 9.66. The highest BCUT2D eigenvalue weighted by Crippen LogP contribution is 2.23. The number of halogens is 1. The molecule has 2 amide bonds. The topological polar surface area (TPSA) is 73.5 Å². The third-order valence-corrected chi connectivity index (χ3v) is 5.41. The smallest absolute Gasteiger partial charge is 0.295 e. The first-order chi connectivity index (χ1) is 14.0. The monoisotopic (exact) mass is 411 g/mol. The number of aromatic nitrogens is 1. The molecular weight excluding hydrogens is 393 g/mol. The number of allylic oxidation sites excluding steroid dienone is 2. The summed E-state index contributed by atoms with van der Waals surface area (Å²) in [5.74, 6) is -2.15. The van der Waals surface area contributed by atoms with E-state index in [4.69, 9.17) is 12.2 Å². The predicted octanol–water partition coefficient (Wildman–Crippen LogP) is 2.42. The number of benzene rings is 1. The molecule has 148 valence electrons. The van der Waals surface area contributed by atoms with Crippen molar-refractivity contribution in [2.24, 2.45) is 0 Å². The minimum Gasteiger partial charge on any atom is -0.360 e. The first-order valence-electron chi connectivity index (χ1n) is 9.25. The highest BCUT2D eigenvalue weighted by molar-refractivity contribution is 7.80. The van der Waals surface area contributed by atoms with Crippen LogP contribution in [0.3, 0.4) is 0 Å². The lowest BCUT2D eigenvalue weighted by molar-refractivity contribution is -0.134. The van der Waals surface area contributed by atoms with Crippen molar-refractivity contribution in [2.45, 2.75) is 6.42 Å². The Morgan fingerprint density at radius 2 is 1.79 bits per heavy atom. The number of ketones is 1. The third kappa shape index (κ3) is 3.63. The molecule has 6 nitrogen and oxygen atoms in total. The minimum atomic E-state index is -0.760. The third-order valence-electron chi connectivity index (χ3n) is 5.13. The lowest BCUT2D eigenvalue weighted by atomic mass is 10.1. The van der Waals surface area contributed by atoms with E-state index in [0.717, 1.165) is 0 Å². The zero-order chi connectivity index (χ0) is 20.5. The highest BCUT2D eigenvalue weighted by Gasteiger charge is 2.31. The molecule has 0 unspecified atom stereocenters. The minimum absolute atomic E-state index is 0.0209. The molecule has 1 saturated heterocycles. The molecule has 0 atom stereocenters. The molecule has 1 aliphatic heterocycles. The van der Waals surface area contributed by atoms with Crippen molar-refractivity contribution in [2.75, 3.05) is 26.2 Å². The number of aromatic amines is 1. The summed E-state index contributed by atoms with van der Waals surface area (Å²) in [6, 6.07) is 4.43. The summed E-state index contributed by atoms with van der Waals surface area (Å²) in [7, 11) is 0. The van der Waals surface area contributed by atoms with Gasteiger partial charge in [0.25, 0.3) is 17.6 Å². The van der Waals surface area contributed by atoms with E-state index in [2.05, 4.69) is 4.98 Å². The van der Waals surface area contributed by atoms with E-state index < -0.39 is 17.5 Å². The molecule has 0 bridgehead atoms. The van der Waals surface area contributed by atoms with Gasteiger partial charge in [0.2, 0.25) is 0 Å². The SMILES string of the molecule is O=C(C(=O)N1CCN(C(=O)C2=CC(=S)CC=C2)CC1)c1c[nH]c2cccc(F)c12. The van der Waals surface area contributed by atoms with Crippen LogP contribution in [0.4, 0.5) is 4.39 Å². The fraction of sp³-hybridized carbons (Fsp3) is 0.238. The molecule has 8 heteroatoms. The molecule has 1 aliphatic carbocycles. The Morgan fingerprint density at radius 1 is 1.07 bits per heavy atom. The molecule has 0 saturated carbocycles. The van der Waals surface area contributed by atoms with E-state index >= 15 is 0 Å². The zero-order valence-electron chi connectivity index (χ0n) is 15.5. The van der Waals surface area contributed by atoms with Gasteiger partial charge in [-0.15, -0.1) is 0 Å². The van der Waals surface area contributed by atoms with Crippen LogP contribution in [-0.4, -0.2) is 63.4 Å². The van der Waals surface area contributed by atoms with Gasteiger partial charge < -0.3 is 14.8 Å².